The van der Waals surface area contributed by atoms with E-state index in [1.54, 1.807) is 17.1 Å². The van der Waals surface area contributed by atoms with Gasteiger partial charge in [0.25, 0.3) is 5.91 Å². The Morgan fingerprint density at radius 3 is 2.31 bits per heavy atom. The highest BCUT2D eigenvalue weighted by Gasteiger charge is 2.37. The minimum Gasteiger partial charge on any atom is -0.347 e. The quantitative estimate of drug-likeness (QED) is 0.312. The van der Waals surface area contributed by atoms with E-state index < -0.39 is 0 Å². The summed E-state index contributed by atoms with van der Waals surface area (Å²) >= 11 is 0. The highest BCUT2D eigenvalue weighted by molar-refractivity contribution is 6.00. The number of likely N-dealkylation sites (N-methyl/N-ethyl adjacent to an activating group) is 1. The van der Waals surface area contributed by atoms with E-state index >= 15 is 0 Å². The Morgan fingerprint density at radius 2 is 1.60 bits per heavy atom. The molecule has 0 bridgehead atoms. The van der Waals surface area contributed by atoms with Gasteiger partial charge in [-0.25, -0.2) is 10.1 Å². The average molecular weight is 462 g/mol. The molecule has 1 aliphatic heterocycles. The normalized spacial score (nSPS) is 15.5. The zero-order chi connectivity index (χ0) is 24.4. The van der Waals surface area contributed by atoms with Crippen LogP contribution in [0.3, 0.4) is 0 Å². The van der Waals surface area contributed by atoms with Crippen molar-refractivity contribution < 1.29 is 4.79 Å². The van der Waals surface area contributed by atoms with Crippen LogP contribution in [0.1, 0.15) is 29.8 Å². The maximum absolute atomic E-state index is 13.1. The van der Waals surface area contributed by atoms with Gasteiger partial charge >= 0.3 is 0 Å². The van der Waals surface area contributed by atoms with Gasteiger partial charge in [-0.15, -0.1) is 0 Å². The molecule has 0 fully saturated rings. The van der Waals surface area contributed by atoms with Crippen LogP contribution in [0.2, 0.25) is 0 Å². The van der Waals surface area contributed by atoms with Gasteiger partial charge in [-0.1, -0.05) is 80.6 Å². The lowest BCUT2D eigenvalue weighted by molar-refractivity contribution is 0.0955. The second kappa shape index (κ2) is 9.06. The van der Waals surface area contributed by atoms with Crippen molar-refractivity contribution in [2.75, 3.05) is 11.9 Å². The summed E-state index contributed by atoms with van der Waals surface area (Å²) in [6.45, 7) is 4.38. The van der Waals surface area contributed by atoms with Crippen molar-refractivity contribution in [1.29, 1.82) is 0 Å². The maximum Gasteiger partial charge on any atom is 0.275 e. The van der Waals surface area contributed by atoms with Gasteiger partial charge in [-0.3, -0.25) is 4.79 Å². The molecule has 174 valence electrons. The summed E-state index contributed by atoms with van der Waals surface area (Å²) < 4.78 is 1.72. The number of para-hydroxylation sites is 2. The third kappa shape index (κ3) is 4.15. The number of allylic oxidation sites excluding steroid dienone is 2. The van der Waals surface area contributed by atoms with E-state index in [1.807, 2.05) is 72.8 Å². The van der Waals surface area contributed by atoms with E-state index in [0.29, 0.717) is 11.3 Å². The molecule has 3 aromatic carbocycles. The second-order valence-corrected chi connectivity index (χ2v) is 9.01. The van der Waals surface area contributed by atoms with Crippen molar-refractivity contribution in [3.63, 3.8) is 0 Å². The molecule has 0 aliphatic carbocycles. The van der Waals surface area contributed by atoms with Crippen LogP contribution >= 0.6 is 0 Å². The molecule has 0 radical (unpaired) electrons. The molecule has 4 aromatic rings. The molecular formula is C29H27N5O. The summed E-state index contributed by atoms with van der Waals surface area (Å²) in [7, 11) is 2.05. The van der Waals surface area contributed by atoms with E-state index in [-0.39, 0.29) is 11.3 Å². The van der Waals surface area contributed by atoms with Crippen LogP contribution < -0.4 is 10.3 Å². The molecule has 1 amide bonds. The zero-order valence-corrected chi connectivity index (χ0v) is 20.0. The Labute approximate surface area is 205 Å². The summed E-state index contributed by atoms with van der Waals surface area (Å²) in [5, 5.41) is 8.93. The third-order valence-electron chi connectivity index (χ3n) is 6.44. The molecule has 0 spiro atoms. The van der Waals surface area contributed by atoms with Gasteiger partial charge in [0.2, 0.25) is 0 Å². The number of nitrogens with zero attached hydrogens (tertiary/aromatic N) is 4. The molecule has 35 heavy (non-hydrogen) atoms. The number of aromatic nitrogens is 2. The van der Waals surface area contributed by atoms with Gasteiger partial charge in [0.1, 0.15) is 5.69 Å². The number of hydrogen-bond donors (Lipinski definition) is 1. The fourth-order valence-corrected chi connectivity index (χ4v) is 4.63. The predicted molar refractivity (Wildman–Crippen MR) is 141 cm³/mol. The maximum atomic E-state index is 13.1. The first-order valence-corrected chi connectivity index (χ1v) is 11.5. The van der Waals surface area contributed by atoms with Gasteiger partial charge in [0.05, 0.1) is 11.3 Å². The van der Waals surface area contributed by atoms with Gasteiger partial charge < -0.3 is 4.90 Å². The van der Waals surface area contributed by atoms with E-state index in [1.165, 1.54) is 11.3 Å². The number of carbonyl (C=O) groups is 1. The standard InChI is InChI=1S/C29H27N5O/c1-29(2)24-16-10-11-17-25(24)33(3)26(29)18-19-30-31-28(35)23-20-34(22-14-8-5-9-15-22)32-27(23)21-12-6-4-7-13-21/h4-20H,1-3H3,(H,31,35). The Kier molecular flexibility index (Phi) is 5.79. The Hall–Kier alpha value is -4.45. The summed E-state index contributed by atoms with van der Waals surface area (Å²) in [5.41, 5.74) is 8.89. The lowest BCUT2D eigenvalue weighted by Gasteiger charge is -2.23. The molecule has 0 saturated heterocycles. The van der Waals surface area contributed by atoms with Crippen LogP contribution in [0.25, 0.3) is 16.9 Å². The topological polar surface area (TPSA) is 62.5 Å². The van der Waals surface area contributed by atoms with Gasteiger partial charge in [0, 0.05) is 41.8 Å². The third-order valence-corrected chi connectivity index (χ3v) is 6.44. The molecule has 6 nitrogen and oxygen atoms in total. The number of amides is 1. The lowest BCUT2D eigenvalue weighted by atomic mass is 9.84. The van der Waals surface area contributed by atoms with Crippen LogP contribution in [-0.2, 0) is 5.41 Å². The number of hydrazone groups is 1. The van der Waals surface area contributed by atoms with Crippen LogP contribution in [-0.4, -0.2) is 28.9 Å². The Balaban J connectivity index is 1.40. The van der Waals surface area contributed by atoms with E-state index in [0.717, 1.165) is 16.9 Å². The van der Waals surface area contributed by atoms with Gasteiger partial charge in [-0.05, 0) is 29.8 Å². The number of fused-ring (bicyclic) bond motifs is 1. The van der Waals surface area contributed by atoms with Crippen molar-refractivity contribution >= 4 is 17.8 Å². The molecular weight excluding hydrogens is 434 g/mol. The van der Waals surface area contributed by atoms with Crippen molar-refractivity contribution in [1.82, 2.24) is 15.2 Å². The molecule has 0 unspecified atom stereocenters. The fraction of sp³-hybridized carbons (Fsp3) is 0.138. The van der Waals surface area contributed by atoms with E-state index in [2.05, 4.69) is 54.5 Å². The summed E-state index contributed by atoms with van der Waals surface area (Å²) in [6.07, 6.45) is 5.33. The molecule has 0 atom stereocenters. The summed E-state index contributed by atoms with van der Waals surface area (Å²) in [6, 6.07) is 27.8. The summed E-state index contributed by atoms with van der Waals surface area (Å²) in [4.78, 5) is 15.3. The van der Waals surface area contributed by atoms with Crippen LogP contribution in [0.15, 0.2) is 108 Å². The van der Waals surface area contributed by atoms with Crippen molar-refractivity contribution in [2.24, 2.45) is 5.10 Å². The smallest absolute Gasteiger partial charge is 0.275 e. The molecule has 1 aromatic heterocycles. The van der Waals surface area contributed by atoms with Gasteiger partial charge in [-0.2, -0.15) is 10.2 Å². The van der Waals surface area contributed by atoms with Crippen molar-refractivity contribution in [3.05, 3.63) is 114 Å². The molecule has 2 heterocycles. The minimum atomic E-state index is -0.317. The minimum absolute atomic E-state index is 0.154. The number of anilines is 1. The average Bonchev–Trinajstić information content (AvgIpc) is 3.42. The van der Waals surface area contributed by atoms with E-state index in [9.17, 15) is 4.79 Å². The molecule has 1 N–H and O–H groups in total. The summed E-state index contributed by atoms with van der Waals surface area (Å²) in [5.74, 6) is -0.317. The predicted octanol–water partition coefficient (Wildman–Crippen LogP) is 5.57. The highest BCUT2D eigenvalue weighted by atomic mass is 16.2. The highest BCUT2D eigenvalue weighted by Crippen LogP contribution is 2.46. The van der Waals surface area contributed by atoms with Crippen molar-refractivity contribution in [2.45, 2.75) is 19.3 Å². The molecule has 0 saturated carbocycles. The van der Waals surface area contributed by atoms with Crippen LogP contribution in [0, 0.1) is 0 Å². The van der Waals surface area contributed by atoms with Gasteiger partial charge in [0.15, 0.2) is 0 Å². The monoisotopic (exact) mass is 461 g/mol. The first-order chi connectivity index (χ1) is 17.0. The first-order valence-electron chi connectivity index (χ1n) is 11.5. The number of rotatable bonds is 5. The molecule has 5 rings (SSSR count). The number of carbonyl (C=O) groups excluding carboxylic acids is 1. The van der Waals surface area contributed by atoms with Crippen LogP contribution in [0.4, 0.5) is 5.69 Å². The lowest BCUT2D eigenvalue weighted by Crippen LogP contribution is -2.23. The SMILES string of the molecule is CN1C(=CC=NNC(=O)c2cn(-c3ccccc3)nc2-c2ccccc2)C(C)(C)c2ccccc21. The number of nitrogens with one attached hydrogen (secondary N) is 1. The largest absolute Gasteiger partial charge is 0.347 e. The Morgan fingerprint density at radius 1 is 0.943 bits per heavy atom. The fourth-order valence-electron chi connectivity index (χ4n) is 4.63. The zero-order valence-electron chi connectivity index (χ0n) is 20.0. The first kappa shape index (κ1) is 22.3. The number of hydrogen-bond acceptors (Lipinski definition) is 4. The van der Waals surface area contributed by atoms with E-state index in [4.69, 9.17) is 5.10 Å². The van der Waals surface area contributed by atoms with Crippen molar-refractivity contribution in [3.8, 4) is 16.9 Å². The second-order valence-electron chi connectivity index (χ2n) is 9.01. The Bertz CT molecular complexity index is 1420. The molecule has 6 heteroatoms. The number of benzene rings is 3. The van der Waals surface area contributed by atoms with Crippen LogP contribution in [0.5, 0.6) is 0 Å². The molecule has 1 aliphatic rings.